The van der Waals surface area contributed by atoms with Crippen LogP contribution in [0.1, 0.15) is 19.4 Å². The number of carboxylic acids is 1. The number of thioether (sulfide) groups is 1. The van der Waals surface area contributed by atoms with Crippen molar-refractivity contribution in [2.45, 2.75) is 13.8 Å². The van der Waals surface area contributed by atoms with Crippen LogP contribution in [0.2, 0.25) is 0 Å². The summed E-state index contributed by atoms with van der Waals surface area (Å²) in [6.45, 7) is 4.24. The van der Waals surface area contributed by atoms with Crippen molar-refractivity contribution < 1.29 is 28.9 Å². The van der Waals surface area contributed by atoms with Crippen molar-refractivity contribution in [3.8, 4) is 17.2 Å². The molecule has 2 N–H and O–H groups in total. The molecule has 0 spiro atoms. The van der Waals surface area contributed by atoms with E-state index in [1.807, 2.05) is 60.7 Å². The number of hydrogen-bond acceptors (Lipinski definition) is 7. The van der Waals surface area contributed by atoms with E-state index in [4.69, 9.17) is 19.3 Å². The van der Waals surface area contributed by atoms with E-state index in [0.29, 0.717) is 44.0 Å². The smallest absolute Gasteiger partial charge is 0.341 e. The Bertz CT molecular complexity index is 1070. The molecule has 168 valence electrons. The van der Waals surface area contributed by atoms with Crippen molar-refractivity contribution in [2.24, 2.45) is 4.99 Å². The third kappa shape index (κ3) is 6.39. The quantitative estimate of drug-likeness (QED) is 0.340. The number of aliphatic imine (C=N–C) groups is 1. The van der Waals surface area contributed by atoms with Gasteiger partial charge in [-0.15, -0.1) is 0 Å². The Morgan fingerprint density at radius 1 is 1.16 bits per heavy atom. The largest absolute Gasteiger partial charge is 0.494 e. The van der Waals surface area contributed by atoms with E-state index < -0.39 is 12.6 Å². The van der Waals surface area contributed by atoms with Crippen LogP contribution in [0.25, 0.3) is 6.08 Å². The summed E-state index contributed by atoms with van der Waals surface area (Å²) in [4.78, 5) is 28.2. The summed E-state index contributed by atoms with van der Waals surface area (Å²) < 4.78 is 17.1. The highest BCUT2D eigenvalue weighted by molar-refractivity contribution is 14.1. The van der Waals surface area contributed by atoms with Crippen LogP contribution in [-0.2, 0) is 9.59 Å². The fraction of sp³-hybridized carbons (Fsp3) is 0.227. The molecule has 0 saturated carbocycles. The monoisotopic (exact) mass is 568 g/mol. The maximum atomic E-state index is 12.4. The number of nitrogens with one attached hydrogen (secondary N) is 1. The van der Waals surface area contributed by atoms with E-state index in [0.717, 1.165) is 11.3 Å². The van der Waals surface area contributed by atoms with Gasteiger partial charge in [0.05, 0.1) is 27.4 Å². The first kappa shape index (κ1) is 23.9. The Labute approximate surface area is 203 Å². The zero-order valence-corrected chi connectivity index (χ0v) is 20.4. The Hall–Kier alpha value is -2.73. The van der Waals surface area contributed by atoms with Gasteiger partial charge in [0.1, 0.15) is 5.75 Å². The average molecular weight is 568 g/mol. The van der Waals surface area contributed by atoms with Gasteiger partial charge >= 0.3 is 5.97 Å². The van der Waals surface area contributed by atoms with Crippen LogP contribution in [0.15, 0.2) is 46.3 Å². The molecule has 8 nitrogen and oxygen atoms in total. The topological polar surface area (TPSA) is 106 Å². The number of ether oxygens (including phenoxy) is 3. The van der Waals surface area contributed by atoms with Crippen LogP contribution in [0, 0.1) is 3.57 Å². The van der Waals surface area contributed by atoms with Crippen LogP contribution in [0.3, 0.4) is 0 Å². The molecule has 1 saturated heterocycles. The molecule has 0 radical (unpaired) electrons. The van der Waals surface area contributed by atoms with Crippen molar-refractivity contribution >= 4 is 63.2 Å². The molecule has 0 atom stereocenters. The molecule has 1 aliphatic rings. The van der Waals surface area contributed by atoms with Crippen molar-refractivity contribution in [3.05, 3.63) is 50.4 Å². The maximum absolute atomic E-state index is 12.4. The second kappa shape index (κ2) is 11.2. The number of amidine groups is 1. The number of benzene rings is 2. The highest BCUT2D eigenvalue weighted by Crippen LogP contribution is 2.36. The number of nitrogens with zero attached hydrogens (tertiary/aromatic N) is 1. The predicted molar refractivity (Wildman–Crippen MR) is 132 cm³/mol. The lowest BCUT2D eigenvalue weighted by Gasteiger charge is -2.13. The van der Waals surface area contributed by atoms with Gasteiger partial charge in [0.15, 0.2) is 23.3 Å². The standard InChI is InChI=1S/C22H21IN2O6S/c1-3-29-15-7-5-14(6-8-15)24-22-25-21(28)18(32-22)11-13-9-16(23)20(31-12-19(26)27)17(10-13)30-4-2/h5-11H,3-4,12H2,1-2H3,(H,26,27)(H,24,25,28)/b18-11+. The second-order valence-electron chi connectivity index (χ2n) is 6.35. The molecule has 10 heteroatoms. The van der Waals surface area contributed by atoms with Crippen LogP contribution in [0.5, 0.6) is 17.2 Å². The number of carbonyl (C=O) groups is 2. The lowest BCUT2D eigenvalue weighted by Crippen LogP contribution is -2.19. The number of carboxylic acid groups (broad SMARTS) is 1. The molecule has 3 rings (SSSR count). The molecule has 1 heterocycles. The first-order valence-corrected chi connectivity index (χ1v) is 11.6. The number of rotatable bonds is 9. The van der Waals surface area contributed by atoms with Crippen LogP contribution in [-0.4, -0.2) is 42.0 Å². The summed E-state index contributed by atoms with van der Waals surface area (Å²) in [5.74, 6) is 0.208. The molecule has 1 amide bonds. The minimum Gasteiger partial charge on any atom is -0.494 e. The highest BCUT2D eigenvalue weighted by atomic mass is 127. The van der Waals surface area contributed by atoms with Crippen molar-refractivity contribution in [3.63, 3.8) is 0 Å². The number of carbonyl (C=O) groups excluding carboxylic acids is 1. The number of amides is 1. The number of hydrogen-bond donors (Lipinski definition) is 2. The zero-order chi connectivity index (χ0) is 23.1. The molecule has 1 aliphatic heterocycles. The summed E-state index contributed by atoms with van der Waals surface area (Å²) in [5.41, 5.74) is 1.42. The van der Waals surface area contributed by atoms with E-state index in [-0.39, 0.29) is 5.91 Å². The van der Waals surface area contributed by atoms with E-state index in [1.54, 1.807) is 18.2 Å². The van der Waals surface area contributed by atoms with Crippen LogP contribution in [0.4, 0.5) is 5.69 Å². The molecule has 0 bridgehead atoms. The average Bonchev–Trinajstić information content (AvgIpc) is 3.07. The molecule has 1 fully saturated rings. The minimum atomic E-state index is -1.08. The normalized spacial score (nSPS) is 15.7. The summed E-state index contributed by atoms with van der Waals surface area (Å²) >= 11 is 3.28. The van der Waals surface area contributed by atoms with Crippen LogP contribution < -0.4 is 19.5 Å². The van der Waals surface area contributed by atoms with Gasteiger partial charge in [0.25, 0.3) is 5.91 Å². The molecular formula is C22H21IN2O6S. The number of halogens is 1. The van der Waals surface area contributed by atoms with Crippen molar-refractivity contribution in [1.82, 2.24) is 5.32 Å². The molecule has 0 aromatic heterocycles. The maximum Gasteiger partial charge on any atom is 0.341 e. The summed E-state index contributed by atoms with van der Waals surface area (Å²) in [5, 5.41) is 12.1. The molecule has 2 aromatic carbocycles. The van der Waals surface area contributed by atoms with Gasteiger partial charge in [-0.2, -0.15) is 0 Å². The lowest BCUT2D eigenvalue weighted by molar-refractivity contribution is -0.139. The first-order valence-electron chi connectivity index (χ1n) is 9.73. The third-order valence-corrected chi connectivity index (χ3v) is 5.71. The summed E-state index contributed by atoms with van der Waals surface area (Å²) in [6, 6.07) is 10.8. The Kier molecular flexibility index (Phi) is 8.39. The molecule has 0 aliphatic carbocycles. The van der Waals surface area contributed by atoms with E-state index in [1.165, 1.54) is 11.8 Å². The number of aliphatic carboxylic acids is 1. The van der Waals surface area contributed by atoms with Gasteiger partial charge in [0, 0.05) is 0 Å². The first-order chi connectivity index (χ1) is 15.4. The summed E-state index contributed by atoms with van der Waals surface area (Å²) in [7, 11) is 0. The fourth-order valence-corrected chi connectivity index (χ4v) is 4.36. The molecule has 32 heavy (non-hydrogen) atoms. The fourth-order valence-electron chi connectivity index (χ4n) is 2.74. The zero-order valence-electron chi connectivity index (χ0n) is 17.4. The van der Waals surface area contributed by atoms with Gasteiger partial charge < -0.3 is 24.6 Å². The van der Waals surface area contributed by atoms with Gasteiger partial charge in [-0.1, -0.05) is 0 Å². The van der Waals surface area contributed by atoms with Gasteiger partial charge in [0.2, 0.25) is 0 Å². The SMILES string of the molecule is CCOc1ccc(N=C2NC(=O)/C(=C\c3cc(I)c(OCC(=O)O)c(OCC)c3)S2)cc1. The Morgan fingerprint density at radius 2 is 1.88 bits per heavy atom. The van der Waals surface area contributed by atoms with Gasteiger partial charge in [-0.25, -0.2) is 9.79 Å². The van der Waals surface area contributed by atoms with Gasteiger partial charge in [-0.3, -0.25) is 4.79 Å². The molecular weight excluding hydrogens is 547 g/mol. The Balaban J connectivity index is 1.81. The van der Waals surface area contributed by atoms with Gasteiger partial charge in [-0.05, 0) is 96.2 Å². The lowest BCUT2D eigenvalue weighted by atomic mass is 10.2. The van der Waals surface area contributed by atoms with Crippen LogP contribution >= 0.6 is 34.4 Å². The van der Waals surface area contributed by atoms with Crippen molar-refractivity contribution in [2.75, 3.05) is 19.8 Å². The summed E-state index contributed by atoms with van der Waals surface area (Å²) in [6.07, 6.45) is 1.73. The Morgan fingerprint density at radius 3 is 2.53 bits per heavy atom. The van der Waals surface area contributed by atoms with E-state index >= 15 is 0 Å². The second-order valence-corrected chi connectivity index (χ2v) is 8.55. The molecule has 2 aromatic rings. The molecule has 0 unspecified atom stereocenters. The van der Waals surface area contributed by atoms with E-state index in [9.17, 15) is 9.59 Å². The van der Waals surface area contributed by atoms with Crippen molar-refractivity contribution in [1.29, 1.82) is 0 Å². The van der Waals surface area contributed by atoms with E-state index in [2.05, 4.69) is 10.3 Å². The highest BCUT2D eigenvalue weighted by Gasteiger charge is 2.24. The minimum absolute atomic E-state index is 0.251. The predicted octanol–water partition coefficient (Wildman–Crippen LogP) is 4.44. The third-order valence-electron chi connectivity index (χ3n) is 4.00.